The minimum atomic E-state index is -2.54. The molecule has 0 aliphatic rings. The fraction of sp³-hybridized carbons (Fsp3) is 0.717. The Kier molecular flexibility index (Phi) is 34.9. The second-order valence-corrected chi connectivity index (χ2v) is 18.1. The van der Waals surface area contributed by atoms with Gasteiger partial charge in [0.05, 0.1) is 13.2 Å². The van der Waals surface area contributed by atoms with Crippen LogP contribution in [-0.2, 0) is 62.3 Å². The summed E-state index contributed by atoms with van der Waals surface area (Å²) in [5.74, 6) is -15.7. The number of aliphatic hydroxyl groups excluding tert-OH is 3. The molecule has 0 spiro atoms. The summed E-state index contributed by atoms with van der Waals surface area (Å²) >= 11 is 0. The second kappa shape index (κ2) is 38.5. The average Bonchev–Trinajstić information content (AvgIpc) is 3.36. The molecule has 77 heavy (non-hydrogen) atoms. The molecular formula is C46H79N11O20. The number of primary amides is 2. The summed E-state index contributed by atoms with van der Waals surface area (Å²) in [5.41, 5.74) is 10.5. The smallest absolute Gasteiger partial charge is 0.335 e. The molecule has 0 aromatic heterocycles. The topological polar surface area (TPSA) is 506 Å². The molecule has 438 valence electrons. The molecule has 0 bridgehead atoms. The molecule has 0 aromatic rings. The molecule has 0 saturated carbocycles. The molecule has 0 radical (unpaired) electrons. The number of nitrogens with one attached hydrogen (secondary N) is 7. The maximum atomic E-state index is 13.9. The van der Waals surface area contributed by atoms with Crippen molar-refractivity contribution >= 4 is 76.9 Å². The molecule has 8 atom stereocenters. The maximum Gasteiger partial charge on any atom is 0.335 e. The summed E-state index contributed by atoms with van der Waals surface area (Å²) in [7, 11) is 0. The van der Waals surface area contributed by atoms with Crippen LogP contribution < -0.4 is 48.7 Å². The van der Waals surface area contributed by atoms with Crippen LogP contribution in [-0.4, -0.2) is 198 Å². The van der Waals surface area contributed by atoms with Crippen molar-refractivity contribution in [2.24, 2.45) is 11.5 Å². The fourth-order valence-electron chi connectivity index (χ4n) is 7.13. The van der Waals surface area contributed by atoms with E-state index in [0.717, 1.165) is 58.8 Å². The number of carbonyl (C=O) groups excluding carboxylic acids is 11. The largest absolute Gasteiger partial charge is 0.480 e. The number of hydroxylamine groups is 4. The van der Waals surface area contributed by atoms with Gasteiger partial charge in [-0.2, -0.15) is 0 Å². The van der Waals surface area contributed by atoms with Gasteiger partial charge in [0.25, 0.3) is 0 Å². The van der Waals surface area contributed by atoms with Crippen LogP contribution in [0.3, 0.4) is 0 Å². The second-order valence-electron chi connectivity index (χ2n) is 18.1. The molecule has 11 amide bonds. The Morgan fingerprint density at radius 3 is 1.13 bits per heavy atom. The Balaban J connectivity index is 6.46. The van der Waals surface area contributed by atoms with E-state index in [4.69, 9.17) is 11.5 Å². The van der Waals surface area contributed by atoms with E-state index in [1.165, 1.54) is 0 Å². The van der Waals surface area contributed by atoms with Crippen LogP contribution >= 0.6 is 0 Å². The number of carboxylic acids is 2. The van der Waals surface area contributed by atoms with Gasteiger partial charge in [-0.05, 0) is 44.9 Å². The molecule has 1 unspecified atom stereocenters. The van der Waals surface area contributed by atoms with Crippen LogP contribution in [0.1, 0.15) is 136 Å². The number of nitrogens with zero attached hydrogens (tertiary/aromatic N) is 2. The van der Waals surface area contributed by atoms with E-state index >= 15 is 0 Å². The molecule has 0 aliphatic heterocycles. The van der Waals surface area contributed by atoms with E-state index in [9.17, 15) is 98.3 Å². The Hall–Kier alpha value is -7.09. The summed E-state index contributed by atoms with van der Waals surface area (Å²) < 4.78 is 0. The highest BCUT2D eigenvalue weighted by atomic mass is 16.5. The van der Waals surface area contributed by atoms with Crippen molar-refractivity contribution in [2.45, 2.75) is 185 Å². The SMILES string of the molecule is CCCCCCCCCCCC(=O)N[C@H](C(=O)N[C@@H](CCC(N)=O)C(=O)N[C@@H](CO)C(=O)N[C@@H](CCC(N)=O)C(=O)N[C@@H](CCCN(O)C(C)=O)C(=O)N[C@@H](CO)C(=O)N[C@@H](CCCN(O)C(C)=O)C(=O)O)C(O)C(=O)O. The summed E-state index contributed by atoms with van der Waals surface area (Å²) in [6, 6.07) is -13.2. The lowest BCUT2D eigenvalue weighted by molar-refractivity contribution is -0.163. The summed E-state index contributed by atoms with van der Waals surface area (Å²) in [5, 5.41) is 84.9. The lowest BCUT2D eigenvalue weighted by Gasteiger charge is -2.27. The van der Waals surface area contributed by atoms with Crippen molar-refractivity contribution in [1.82, 2.24) is 47.3 Å². The number of hydrogen-bond acceptors (Lipinski definition) is 18. The lowest BCUT2D eigenvalue weighted by Crippen LogP contribution is -2.62. The highest BCUT2D eigenvalue weighted by Crippen LogP contribution is 2.12. The molecule has 0 aromatic carbocycles. The van der Waals surface area contributed by atoms with Gasteiger partial charge >= 0.3 is 11.9 Å². The predicted octanol–water partition coefficient (Wildman–Crippen LogP) is -4.62. The third-order valence-corrected chi connectivity index (χ3v) is 11.6. The van der Waals surface area contributed by atoms with Crippen LogP contribution in [0.15, 0.2) is 0 Å². The molecule has 0 rings (SSSR count). The van der Waals surface area contributed by atoms with Gasteiger partial charge < -0.3 is 74.2 Å². The number of amides is 11. The molecule has 0 saturated heterocycles. The Morgan fingerprint density at radius 2 is 0.766 bits per heavy atom. The maximum absolute atomic E-state index is 13.9. The zero-order chi connectivity index (χ0) is 58.8. The van der Waals surface area contributed by atoms with E-state index < -0.39 is 177 Å². The normalized spacial score (nSPS) is 14.0. The first kappa shape index (κ1) is 69.9. The van der Waals surface area contributed by atoms with E-state index in [1.807, 2.05) is 0 Å². The Morgan fingerprint density at radius 1 is 0.429 bits per heavy atom. The van der Waals surface area contributed by atoms with Gasteiger partial charge in [-0.15, -0.1) is 0 Å². The van der Waals surface area contributed by atoms with Gasteiger partial charge in [0.2, 0.25) is 65.0 Å². The first-order valence-electron chi connectivity index (χ1n) is 25.2. The molecule has 18 N–H and O–H groups in total. The number of rotatable bonds is 42. The number of carbonyl (C=O) groups is 13. The minimum absolute atomic E-state index is 0.127. The first-order chi connectivity index (χ1) is 36.2. The number of aliphatic carboxylic acids is 2. The molecule has 0 fully saturated rings. The quantitative estimate of drug-likeness (QED) is 0.0155. The van der Waals surface area contributed by atoms with E-state index in [0.29, 0.717) is 17.9 Å². The van der Waals surface area contributed by atoms with Crippen molar-refractivity contribution < 1.29 is 98.3 Å². The summed E-state index contributed by atoms with van der Waals surface area (Å²) in [6.45, 7) is 1.02. The van der Waals surface area contributed by atoms with Crippen LogP contribution in [0.25, 0.3) is 0 Å². The molecule has 0 heterocycles. The fourth-order valence-corrected chi connectivity index (χ4v) is 7.13. The number of aliphatic hydroxyl groups is 3. The van der Waals surface area contributed by atoms with Gasteiger partial charge in [-0.3, -0.25) is 63.2 Å². The van der Waals surface area contributed by atoms with E-state index in [-0.39, 0.29) is 37.3 Å². The van der Waals surface area contributed by atoms with Gasteiger partial charge in [0.1, 0.15) is 42.3 Å². The van der Waals surface area contributed by atoms with Gasteiger partial charge in [-0.25, -0.2) is 19.7 Å². The molecular weight excluding hydrogens is 1030 g/mol. The minimum Gasteiger partial charge on any atom is -0.480 e. The highest BCUT2D eigenvalue weighted by molar-refractivity contribution is 5.98. The Labute approximate surface area is 444 Å². The van der Waals surface area contributed by atoms with E-state index in [2.05, 4.69) is 44.1 Å². The number of nitrogens with two attached hydrogens (primary N) is 2. The summed E-state index contributed by atoms with van der Waals surface area (Å²) in [6.07, 6.45) is 1.89. The van der Waals surface area contributed by atoms with Crippen LogP contribution in [0.4, 0.5) is 0 Å². The van der Waals surface area contributed by atoms with Gasteiger partial charge in [0, 0.05) is 46.2 Å². The number of unbranched alkanes of at least 4 members (excludes halogenated alkanes) is 8. The Bertz CT molecular complexity index is 2000. The average molecular weight is 1110 g/mol. The van der Waals surface area contributed by atoms with Crippen molar-refractivity contribution in [3.63, 3.8) is 0 Å². The van der Waals surface area contributed by atoms with Gasteiger partial charge in [0.15, 0.2) is 6.10 Å². The molecule has 31 heteroatoms. The highest BCUT2D eigenvalue weighted by Gasteiger charge is 2.37. The molecule has 31 nitrogen and oxygen atoms in total. The third-order valence-electron chi connectivity index (χ3n) is 11.6. The number of carboxylic acid groups (broad SMARTS) is 2. The number of hydrogen-bond donors (Lipinski definition) is 16. The van der Waals surface area contributed by atoms with Crippen LogP contribution in [0.2, 0.25) is 0 Å². The van der Waals surface area contributed by atoms with Crippen molar-refractivity contribution in [3.05, 3.63) is 0 Å². The van der Waals surface area contributed by atoms with Crippen LogP contribution in [0, 0.1) is 0 Å². The van der Waals surface area contributed by atoms with E-state index in [1.54, 1.807) is 0 Å². The van der Waals surface area contributed by atoms with Crippen molar-refractivity contribution in [2.75, 3.05) is 26.3 Å². The van der Waals surface area contributed by atoms with Crippen molar-refractivity contribution in [3.8, 4) is 0 Å². The monoisotopic (exact) mass is 1110 g/mol. The zero-order valence-electron chi connectivity index (χ0n) is 43.7. The first-order valence-corrected chi connectivity index (χ1v) is 25.2. The van der Waals surface area contributed by atoms with Crippen molar-refractivity contribution in [1.29, 1.82) is 0 Å². The molecule has 0 aliphatic carbocycles. The lowest BCUT2D eigenvalue weighted by atomic mass is 10.0. The standard InChI is InChI=1S/C46H79N11O20/c1-4-5-6-7-8-9-10-11-12-17-36(64)55-37(38(65)46(74)75)44(71)51-30(19-21-35(48)63)41(68)54-32(24-58)42(69)50-29(18-20-34(47)62)40(67)49-28(15-13-22-56(76)26(2)60)39(66)53-33(25-59)43(70)52-31(45(72)73)16-14-23-57(77)27(3)61/h28-33,37-38,58-59,65,76-77H,4-25H2,1-3H3,(H2,47,62)(H2,48,63)(H,49,67)(H,50,69)(H,51,71)(H,52,70)(H,53,66)(H,54,68)(H,55,64)(H,72,73)(H,74,75)/t28-,29-,30-,31-,32-,33-,37-,38?/m0/s1. The predicted molar refractivity (Wildman–Crippen MR) is 264 cm³/mol. The zero-order valence-corrected chi connectivity index (χ0v) is 43.7. The van der Waals surface area contributed by atoms with Gasteiger partial charge in [-0.1, -0.05) is 58.3 Å². The summed E-state index contributed by atoms with van der Waals surface area (Å²) in [4.78, 5) is 164. The third kappa shape index (κ3) is 29.7. The van der Waals surface area contributed by atoms with Crippen LogP contribution in [0.5, 0.6) is 0 Å².